The van der Waals surface area contributed by atoms with Gasteiger partial charge in [-0.15, -0.1) is 0 Å². The number of nitrogens with two attached hydrogens (primary N) is 1. The third-order valence-electron chi connectivity index (χ3n) is 3.98. The van der Waals surface area contributed by atoms with Crippen LogP contribution in [-0.2, 0) is 13.5 Å². The Kier molecular flexibility index (Phi) is 3.88. The van der Waals surface area contributed by atoms with E-state index in [1.807, 2.05) is 0 Å². The van der Waals surface area contributed by atoms with E-state index in [4.69, 9.17) is 10.8 Å². The molecular weight excluding hydrogens is 329 g/mol. The van der Waals surface area contributed by atoms with Gasteiger partial charge in [-0.3, -0.25) is 9.78 Å². The van der Waals surface area contributed by atoms with Crippen LogP contribution in [0.2, 0.25) is 0 Å². The number of fused-ring (bicyclic) bond motifs is 1. The molecule has 1 aromatic carbocycles. The van der Waals surface area contributed by atoms with Crippen molar-refractivity contribution in [1.29, 1.82) is 0 Å². The van der Waals surface area contributed by atoms with Gasteiger partial charge < -0.3 is 20.5 Å². The molecule has 3 aromatic rings. The minimum atomic E-state index is -1.52. The highest BCUT2D eigenvalue weighted by Gasteiger charge is 2.21. The summed E-state index contributed by atoms with van der Waals surface area (Å²) in [4.78, 5) is 27.4. The van der Waals surface area contributed by atoms with Gasteiger partial charge in [0.05, 0.1) is 5.52 Å². The first-order chi connectivity index (χ1) is 11.8. The lowest BCUT2D eigenvalue weighted by atomic mass is 10.0. The van der Waals surface area contributed by atoms with Crippen LogP contribution in [0.1, 0.15) is 21.5 Å². The molecule has 0 bridgehead atoms. The molecule has 0 radical (unpaired) electrons. The summed E-state index contributed by atoms with van der Waals surface area (Å²) in [7, 11) is 1.40. The molecule has 3 rings (SSSR count). The summed E-state index contributed by atoms with van der Waals surface area (Å²) in [5.74, 6) is -2.63. The van der Waals surface area contributed by atoms with E-state index >= 15 is 0 Å². The van der Waals surface area contributed by atoms with Crippen LogP contribution in [0.25, 0.3) is 11.0 Å². The predicted molar refractivity (Wildman–Crippen MR) is 89.2 cm³/mol. The van der Waals surface area contributed by atoms with Crippen molar-refractivity contribution in [1.82, 2.24) is 9.55 Å². The molecule has 0 fully saturated rings. The van der Waals surface area contributed by atoms with Crippen LogP contribution < -0.4 is 11.3 Å². The average molecular weight is 343 g/mol. The van der Waals surface area contributed by atoms with Crippen molar-refractivity contribution in [2.24, 2.45) is 7.05 Å². The number of rotatable bonds is 3. The number of benzene rings is 1. The molecule has 0 saturated carbocycles. The number of carboxylic acids is 1. The highest BCUT2D eigenvalue weighted by atomic mass is 19.1. The number of carboxylic acid groups (broad SMARTS) is 1. The number of hydrogen-bond acceptors (Lipinski definition) is 5. The molecule has 0 spiro atoms. The number of aromatic hydroxyl groups is 1. The minimum absolute atomic E-state index is 0.00956. The van der Waals surface area contributed by atoms with E-state index in [0.29, 0.717) is 17.5 Å². The van der Waals surface area contributed by atoms with Crippen LogP contribution in [0.15, 0.2) is 35.3 Å². The third kappa shape index (κ3) is 2.78. The van der Waals surface area contributed by atoms with Gasteiger partial charge in [-0.05, 0) is 29.3 Å². The summed E-state index contributed by atoms with van der Waals surface area (Å²) in [6.45, 7) is 0. The maximum atomic E-state index is 13.1. The smallest absolute Gasteiger partial charge is 0.345 e. The molecule has 0 aliphatic heterocycles. The van der Waals surface area contributed by atoms with Crippen LogP contribution >= 0.6 is 0 Å². The van der Waals surface area contributed by atoms with Gasteiger partial charge in [0.15, 0.2) is 11.3 Å². The third-order valence-corrected chi connectivity index (χ3v) is 3.98. The fraction of sp³-hybridized carbons (Fsp3) is 0.118. The largest absolute Gasteiger partial charge is 0.505 e. The maximum absolute atomic E-state index is 13.1. The van der Waals surface area contributed by atoms with E-state index in [-0.39, 0.29) is 16.7 Å². The van der Waals surface area contributed by atoms with E-state index in [0.717, 1.165) is 4.57 Å². The first-order valence-corrected chi connectivity index (χ1v) is 7.27. The molecule has 8 heteroatoms. The minimum Gasteiger partial charge on any atom is -0.505 e. The maximum Gasteiger partial charge on any atom is 0.345 e. The Labute approximate surface area is 140 Å². The van der Waals surface area contributed by atoms with Crippen molar-refractivity contribution < 1.29 is 19.4 Å². The molecule has 0 atom stereocenters. The first kappa shape index (κ1) is 16.4. The van der Waals surface area contributed by atoms with Gasteiger partial charge in [-0.1, -0.05) is 6.07 Å². The number of hydrogen-bond donors (Lipinski definition) is 3. The van der Waals surface area contributed by atoms with Crippen LogP contribution in [0.3, 0.4) is 0 Å². The van der Waals surface area contributed by atoms with Crippen molar-refractivity contribution in [3.05, 3.63) is 63.3 Å². The van der Waals surface area contributed by atoms with E-state index in [9.17, 15) is 19.1 Å². The summed E-state index contributed by atoms with van der Waals surface area (Å²) < 4.78 is 14.2. The molecule has 0 aliphatic carbocycles. The number of nitrogen functional groups attached to an aromatic ring is 1. The molecule has 4 N–H and O–H groups in total. The second kappa shape index (κ2) is 5.90. The van der Waals surface area contributed by atoms with E-state index in [1.165, 1.54) is 25.4 Å². The summed E-state index contributed by atoms with van der Waals surface area (Å²) in [6.07, 6.45) is 1.78. The lowest BCUT2D eigenvalue weighted by Crippen LogP contribution is -2.25. The van der Waals surface area contributed by atoms with Crippen LogP contribution in [0.4, 0.5) is 10.1 Å². The van der Waals surface area contributed by atoms with Crippen molar-refractivity contribution >= 4 is 22.7 Å². The molecule has 2 aromatic heterocycles. The molecule has 25 heavy (non-hydrogen) atoms. The van der Waals surface area contributed by atoms with Gasteiger partial charge in [-0.25, -0.2) is 9.18 Å². The molecule has 0 amide bonds. The fourth-order valence-electron chi connectivity index (χ4n) is 2.67. The summed E-state index contributed by atoms with van der Waals surface area (Å²) >= 11 is 0. The highest BCUT2D eigenvalue weighted by Crippen LogP contribution is 2.26. The zero-order chi connectivity index (χ0) is 18.3. The summed E-state index contributed by atoms with van der Waals surface area (Å²) in [5.41, 5.74) is 6.16. The van der Waals surface area contributed by atoms with Crippen LogP contribution in [0, 0.1) is 5.82 Å². The number of pyridine rings is 2. The highest BCUT2D eigenvalue weighted by molar-refractivity contribution is 5.97. The van der Waals surface area contributed by atoms with Crippen LogP contribution in [-0.4, -0.2) is 25.7 Å². The Morgan fingerprint density at radius 1 is 1.36 bits per heavy atom. The van der Waals surface area contributed by atoms with Crippen molar-refractivity contribution in [3.8, 4) is 5.75 Å². The Morgan fingerprint density at radius 2 is 2.08 bits per heavy atom. The molecule has 0 saturated heterocycles. The molecule has 0 unspecified atom stereocenters. The van der Waals surface area contributed by atoms with Gasteiger partial charge in [0.25, 0.3) is 5.56 Å². The topological polar surface area (TPSA) is 118 Å². The predicted octanol–water partition coefficient (Wildman–Crippen LogP) is 1.65. The number of halogens is 1. The number of nitrogens with zero attached hydrogens (tertiary/aromatic N) is 2. The van der Waals surface area contributed by atoms with Gasteiger partial charge in [0.1, 0.15) is 11.3 Å². The molecule has 128 valence electrons. The molecule has 7 nitrogen and oxygen atoms in total. The van der Waals surface area contributed by atoms with Gasteiger partial charge in [0.2, 0.25) is 0 Å². The van der Waals surface area contributed by atoms with Gasteiger partial charge in [-0.2, -0.15) is 0 Å². The van der Waals surface area contributed by atoms with E-state index < -0.39 is 28.7 Å². The Bertz CT molecular complexity index is 1080. The SMILES string of the molecule is Cn1c(=O)c(C(=O)O)c(O)c2ncc(Cc3ccc(F)cc3N)cc21. The normalized spacial score (nSPS) is 11.0. The zero-order valence-corrected chi connectivity index (χ0v) is 13.2. The Hall–Kier alpha value is -3.42. The second-order valence-electron chi connectivity index (χ2n) is 5.62. The molecule has 2 heterocycles. The average Bonchev–Trinajstić information content (AvgIpc) is 2.55. The van der Waals surface area contributed by atoms with Crippen LogP contribution in [0.5, 0.6) is 5.75 Å². The van der Waals surface area contributed by atoms with Crippen molar-refractivity contribution in [2.45, 2.75) is 6.42 Å². The fourth-order valence-corrected chi connectivity index (χ4v) is 2.67. The van der Waals surface area contributed by atoms with Gasteiger partial charge in [0, 0.05) is 25.4 Å². The van der Waals surface area contributed by atoms with Crippen molar-refractivity contribution in [2.75, 3.05) is 5.73 Å². The second-order valence-corrected chi connectivity index (χ2v) is 5.62. The standard InChI is InChI=1S/C17H14FN3O4/c1-21-12-5-8(4-9-2-3-10(18)6-11(9)19)7-20-14(12)15(22)13(16(21)23)17(24)25/h2-3,5-7,22H,4,19H2,1H3,(H,24,25). The first-order valence-electron chi connectivity index (χ1n) is 7.27. The Balaban J connectivity index is 2.15. The lowest BCUT2D eigenvalue weighted by Gasteiger charge is -2.11. The quantitative estimate of drug-likeness (QED) is 0.622. The Morgan fingerprint density at radius 3 is 2.72 bits per heavy atom. The number of anilines is 1. The number of aromatic carboxylic acids is 1. The number of carbonyl (C=O) groups is 1. The number of aryl methyl sites for hydroxylation is 1. The molecular formula is C17H14FN3O4. The van der Waals surface area contributed by atoms with E-state index in [2.05, 4.69) is 4.98 Å². The van der Waals surface area contributed by atoms with Gasteiger partial charge >= 0.3 is 5.97 Å². The van der Waals surface area contributed by atoms with E-state index in [1.54, 1.807) is 12.1 Å². The zero-order valence-electron chi connectivity index (χ0n) is 13.2. The number of aromatic nitrogens is 2. The lowest BCUT2D eigenvalue weighted by molar-refractivity contribution is 0.0691. The molecule has 0 aliphatic rings. The summed E-state index contributed by atoms with van der Waals surface area (Å²) in [6, 6.07) is 5.67. The monoisotopic (exact) mass is 343 g/mol. The van der Waals surface area contributed by atoms with Crippen molar-refractivity contribution in [3.63, 3.8) is 0 Å². The summed E-state index contributed by atoms with van der Waals surface area (Å²) in [5, 5.41) is 19.1.